The minimum absolute atomic E-state index is 0.0143. The second kappa shape index (κ2) is 11.0. The van der Waals surface area contributed by atoms with Crippen molar-refractivity contribution in [3.63, 3.8) is 0 Å². The van der Waals surface area contributed by atoms with E-state index in [-0.39, 0.29) is 6.71 Å². The summed E-state index contributed by atoms with van der Waals surface area (Å²) in [6.45, 7) is 0.0143. The fraction of sp³-hybridized carbons (Fsp3) is 0. The first kappa shape index (κ1) is 28.3. The molecule has 0 fully saturated rings. The van der Waals surface area contributed by atoms with E-state index in [2.05, 4.69) is 152 Å². The van der Waals surface area contributed by atoms with Gasteiger partial charge in [-0.25, -0.2) is 0 Å². The van der Waals surface area contributed by atoms with Crippen LogP contribution in [-0.2, 0) is 0 Å². The molecule has 236 valence electrons. The second-order valence-corrected chi connectivity index (χ2v) is 13.6. The normalized spacial score (nSPS) is 12.3. The number of benzene rings is 8. The van der Waals surface area contributed by atoms with Crippen LogP contribution >= 0.6 is 0 Å². The van der Waals surface area contributed by atoms with E-state index in [0.717, 1.165) is 43.9 Å². The van der Waals surface area contributed by atoms with Crippen LogP contribution < -0.4 is 16.4 Å². The first-order valence-corrected chi connectivity index (χ1v) is 17.5. The molecule has 0 bridgehead atoms. The van der Waals surface area contributed by atoms with Crippen molar-refractivity contribution < 1.29 is 8.83 Å². The molecule has 0 saturated carbocycles. The summed E-state index contributed by atoms with van der Waals surface area (Å²) in [6.07, 6.45) is 0. The number of furan rings is 2. The molecule has 3 heterocycles. The molecular formula is C48H29BO2. The van der Waals surface area contributed by atoms with Gasteiger partial charge in [-0.1, -0.05) is 156 Å². The first-order valence-electron chi connectivity index (χ1n) is 17.5. The van der Waals surface area contributed by atoms with Crippen molar-refractivity contribution in [3.05, 3.63) is 176 Å². The van der Waals surface area contributed by atoms with Gasteiger partial charge in [0, 0.05) is 21.5 Å². The van der Waals surface area contributed by atoms with Crippen LogP contribution in [0, 0.1) is 0 Å². The summed E-state index contributed by atoms with van der Waals surface area (Å²) >= 11 is 0. The summed E-state index contributed by atoms with van der Waals surface area (Å²) in [4.78, 5) is 0. The van der Waals surface area contributed by atoms with Crippen LogP contribution in [0.2, 0.25) is 0 Å². The molecule has 2 nitrogen and oxygen atoms in total. The Morgan fingerprint density at radius 1 is 0.294 bits per heavy atom. The van der Waals surface area contributed by atoms with Gasteiger partial charge in [-0.05, 0) is 80.9 Å². The van der Waals surface area contributed by atoms with Crippen molar-refractivity contribution in [1.29, 1.82) is 0 Å². The standard InChI is InChI=1S/C48H29BO2/c1-2-10-34(11-3-1)49-43-28-32(30-20-24-47-41(26-30)39-14-6-8-16-45(39)50-47)18-22-37(43)35-12-4-5-13-36(35)38-23-19-33(29-44(38)49)31-21-25-48-42(27-31)40-15-7-9-17-46(40)51-48/h1-29H. The Balaban J connectivity index is 1.15. The van der Waals surface area contributed by atoms with Crippen LogP contribution in [0.25, 0.3) is 88.4 Å². The van der Waals surface area contributed by atoms with E-state index in [9.17, 15) is 0 Å². The highest BCUT2D eigenvalue weighted by Crippen LogP contribution is 2.38. The Bertz CT molecular complexity index is 2800. The van der Waals surface area contributed by atoms with E-state index in [1.165, 1.54) is 60.9 Å². The number of para-hydroxylation sites is 2. The number of fused-ring (bicyclic) bond motifs is 11. The highest BCUT2D eigenvalue weighted by atomic mass is 16.3. The Kier molecular flexibility index (Phi) is 6.08. The lowest BCUT2D eigenvalue weighted by molar-refractivity contribution is 0.668. The number of hydrogen-bond acceptors (Lipinski definition) is 2. The van der Waals surface area contributed by atoms with Crippen LogP contribution in [0.15, 0.2) is 185 Å². The summed E-state index contributed by atoms with van der Waals surface area (Å²) in [7, 11) is 0. The van der Waals surface area contributed by atoms with Gasteiger partial charge in [0.25, 0.3) is 0 Å². The third kappa shape index (κ3) is 4.38. The average Bonchev–Trinajstić information content (AvgIpc) is 3.73. The maximum atomic E-state index is 6.19. The Hall–Kier alpha value is -6.58. The second-order valence-electron chi connectivity index (χ2n) is 13.6. The quantitative estimate of drug-likeness (QED) is 0.178. The average molecular weight is 649 g/mol. The molecule has 8 aromatic carbocycles. The minimum Gasteiger partial charge on any atom is -0.456 e. The molecule has 10 aromatic rings. The van der Waals surface area contributed by atoms with Crippen LogP contribution in [0.3, 0.4) is 0 Å². The van der Waals surface area contributed by atoms with Crippen molar-refractivity contribution in [1.82, 2.24) is 0 Å². The van der Waals surface area contributed by atoms with E-state index >= 15 is 0 Å². The molecule has 0 radical (unpaired) electrons. The number of hydrogen-bond donors (Lipinski definition) is 0. The molecule has 2 aromatic heterocycles. The smallest absolute Gasteiger partial charge is 0.242 e. The third-order valence-corrected chi connectivity index (χ3v) is 10.8. The lowest BCUT2D eigenvalue weighted by Gasteiger charge is -2.20. The van der Waals surface area contributed by atoms with Crippen LogP contribution in [0.1, 0.15) is 0 Å². The van der Waals surface area contributed by atoms with Crippen molar-refractivity contribution >= 4 is 67.0 Å². The zero-order valence-corrected chi connectivity index (χ0v) is 27.6. The predicted octanol–water partition coefficient (Wildman–Crippen LogP) is 11.0. The van der Waals surface area contributed by atoms with Crippen molar-refractivity contribution in [3.8, 4) is 44.5 Å². The molecule has 11 rings (SSSR count). The van der Waals surface area contributed by atoms with Crippen molar-refractivity contribution in [2.45, 2.75) is 0 Å². The fourth-order valence-electron chi connectivity index (χ4n) is 8.39. The van der Waals surface area contributed by atoms with Gasteiger partial charge in [0.2, 0.25) is 6.71 Å². The summed E-state index contributed by atoms with van der Waals surface area (Å²) < 4.78 is 12.4. The molecule has 0 aliphatic carbocycles. The van der Waals surface area contributed by atoms with E-state index < -0.39 is 0 Å². The highest BCUT2D eigenvalue weighted by molar-refractivity contribution is 6.97. The Morgan fingerprint density at radius 2 is 0.706 bits per heavy atom. The summed E-state index contributed by atoms with van der Waals surface area (Å²) in [5.41, 5.74) is 17.3. The van der Waals surface area contributed by atoms with Crippen LogP contribution in [0.5, 0.6) is 0 Å². The lowest BCUT2D eigenvalue weighted by Crippen LogP contribution is -2.52. The Morgan fingerprint density at radius 3 is 1.24 bits per heavy atom. The van der Waals surface area contributed by atoms with Gasteiger partial charge in [0.05, 0.1) is 0 Å². The van der Waals surface area contributed by atoms with Gasteiger partial charge in [0.15, 0.2) is 0 Å². The van der Waals surface area contributed by atoms with Gasteiger partial charge in [-0.2, -0.15) is 0 Å². The molecule has 0 amide bonds. The van der Waals surface area contributed by atoms with Gasteiger partial charge < -0.3 is 8.83 Å². The zero-order valence-electron chi connectivity index (χ0n) is 27.6. The monoisotopic (exact) mass is 648 g/mol. The van der Waals surface area contributed by atoms with Crippen molar-refractivity contribution in [2.24, 2.45) is 0 Å². The van der Waals surface area contributed by atoms with E-state index in [1.54, 1.807) is 0 Å². The molecule has 1 aliphatic rings. The highest BCUT2D eigenvalue weighted by Gasteiger charge is 2.32. The first-order chi connectivity index (χ1) is 25.3. The van der Waals surface area contributed by atoms with E-state index in [4.69, 9.17) is 8.83 Å². The molecule has 0 N–H and O–H groups in total. The summed E-state index contributed by atoms with van der Waals surface area (Å²) in [5.74, 6) is 0. The maximum absolute atomic E-state index is 6.19. The molecule has 51 heavy (non-hydrogen) atoms. The molecule has 0 spiro atoms. The van der Waals surface area contributed by atoms with Gasteiger partial charge in [0.1, 0.15) is 22.3 Å². The van der Waals surface area contributed by atoms with E-state index in [0.29, 0.717) is 0 Å². The summed E-state index contributed by atoms with van der Waals surface area (Å²) in [6, 6.07) is 63.7. The predicted molar refractivity (Wildman–Crippen MR) is 214 cm³/mol. The molecular weight excluding hydrogens is 619 g/mol. The lowest BCUT2D eigenvalue weighted by atomic mass is 9.35. The third-order valence-electron chi connectivity index (χ3n) is 10.8. The zero-order chi connectivity index (χ0) is 33.5. The largest absolute Gasteiger partial charge is 0.456 e. The maximum Gasteiger partial charge on any atom is 0.242 e. The van der Waals surface area contributed by atoms with Crippen LogP contribution in [-0.4, -0.2) is 6.71 Å². The van der Waals surface area contributed by atoms with Gasteiger partial charge in [-0.15, -0.1) is 0 Å². The van der Waals surface area contributed by atoms with E-state index in [1.807, 2.05) is 24.3 Å². The van der Waals surface area contributed by atoms with Gasteiger partial charge >= 0.3 is 0 Å². The van der Waals surface area contributed by atoms with Crippen molar-refractivity contribution in [2.75, 3.05) is 0 Å². The number of rotatable bonds is 3. The molecule has 0 atom stereocenters. The van der Waals surface area contributed by atoms with Gasteiger partial charge in [-0.3, -0.25) is 0 Å². The Labute approximate surface area is 295 Å². The molecule has 3 heteroatoms. The minimum atomic E-state index is 0.0143. The molecule has 1 aliphatic heterocycles. The molecule has 0 saturated heterocycles. The van der Waals surface area contributed by atoms with Crippen LogP contribution in [0.4, 0.5) is 0 Å². The SMILES string of the molecule is c1ccc(B2c3cc(-c4ccc5oc6ccccc6c5c4)ccc3-c3ccccc3-c3ccc(-c4ccc5oc6ccccc6c5c4)cc32)cc1. The molecule has 0 unspecified atom stereocenters. The summed E-state index contributed by atoms with van der Waals surface area (Å²) in [5, 5.41) is 4.56. The topological polar surface area (TPSA) is 26.3 Å². The fourth-order valence-corrected chi connectivity index (χ4v) is 8.39.